The molecule has 1 aliphatic rings. The van der Waals surface area contributed by atoms with Crippen molar-refractivity contribution in [3.8, 4) is 0 Å². The summed E-state index contributed by atoms with van der Waals surface area (Å²) in [7, 11) is 1.94. The molecule has 0 radical (unpaired) electrons. The lowest BCUT2D eigenvalue weighted by molar-refractivity contribution is -0.0595. The number of aromatic nitrogens is 2. The third kappa shape index (κ3) is 2.55. The van der Waals surface area contributed by atoms with Crippen molar-refractivity contribution in [3.63, 3.8) is 0 Å². The Kier molecular flexibility index (Phi) is 3.36. The SMILES string of the molecule is CC1CC(CS)CC(c2cnn(C)c2)O1. The quantitative estimate of drug-likeness (QED) is 0.783. The monoisotopic (exact) mass is 226 g/mol. The van der Waals surface area contributed by atoms with E-state index in [1.54, 1.807) is 0 Å². The van der Waals surface area contributed by atoms with Crippen LogP contribution in [0.15, 0.2) is 12.4 Å². The van der Waals surface area contributed by atoms with Crippen molar-refractivity contribution in [2.75, 3.05) is 5.75 Å². The predicted octanol–water partition coefficient (Wildman–Crippen LogP) is 2.21. The normalized spacial score (nSPS) is 31.8. The summed E-state index contributed by atoms with van der Waals surface area (Å²) in [6, 6.07) is 0. The summed E-state index contributed by atoms with van der Waals surface area (Å²) in [5, 5.41) is 4.19. The zero-order chi connectivity index (χ0) is 10.8. The van der Waals surface area contributed by atoms with Crippen LogP contribution in [0, 0.1) is 5.92 Å². The molecule has 0 amide bonds. The van der Waals surface area contributed by atoms with Crippen LogP contribution >= 0.6 is 12.6 Å². The van der Waals surface area contributed by atoms with Gasteiger partial charge in [0.2, 0.25) is 0 Å². The van der Waals surface area contributed by atoms with Gasteiger partial charge in [-0.25, -0.2) is 0 Å². The van der Waals surface area contributed by atoms with E-state index in [4.69, 9.17) is 4.74 Å². The van der Waals surface area contributed by atoms with E-state index in [2.05, 4.69) is 24.7 Å². The first-order valence-corrected chi connectivity index (χ1v) is 6.07. The van der Waals surface area contributed by atoms with Crippen LogP contribution in [0.4, 0.5) is 0 Å². The minimum Gasteiger partial charge on any atom is -0.370 e. The molecule has 0 aliphatic carbocycles. The zero-order valence-corrected chi connectivity index (χ0v) is 10.2. The Morgan fingerprint density at radius 1 is 1.60 bits per heavy atom. The van der Waals surface area contributed by atoms with E-state index < -0.39 is 0 Å². The topological polar surface area (TPSA) is 27.1 Å². The molecule has 1 aromatic rings. The molecule has 3 unspecified atom stereocenters. The number of thiol groups is 1. The molecule has 0 spiro atoms. The maximum absolute atomic E-state index is 5.93. The standard InChI is InChI=1S/C11H18N2OS/c1-8-3-9(7-15)4-11(14-8)10-5-12-13(2)6-10/h5-6,8-9,11,15H,3-4,7H2,1-2H3. The number of ether oxygens (including phenoxy) is 1. The van der Waals surface area contributed by atoms with Crippen molar-refractivity contribution >= 4 is 12.6 Å². The third-order valence-electron chi connectivity index (χ3n) is 2.96. The van der Waals surface area contributed by atoms with Crippen molar-refractivity contribution in [2.45, 2.75) is 32.0 Å². The van der Waals surface area contributed by atoms with Crippen LogP contribution in [0.1, 0.15) is 31.4 Å². The fraction of sp³-hybridized carbons (Fsp3) is 0.727. The van der Waals surface area contributed by atoms with Gasteiger partial charge in [0.1, 0.15) is 0 Å². The van der Waals surface area contributed by atoms with E-state index in [1.807, 2.05) is 24.1 Å². The van der Waals surface area contributed by atoms with Crippen molar-refractivity contribution in [2.24, 2.45) is 13.0 Å². The Labute approximate surface area is 96.2 Å². The lowest BCUT2D eigenvalue weighted by Gasteiger charge is -2.32. The molecule has 0 bridgehead atoms. The molecule has 2 rings (SSSR count). The van der Waals surface area contributed by atoms with Crippen molar-refractivity contribution in [1.29, 1.82) is 0 Å². The first-order chi connectivity index (χ1) is 7.19. The minimum absolute atomic E-state index is 0.208. The molecule has 84 valence electrons. The number of rotatable bonds is 2. The third-order valence-corrected chi connectivity index (χ3v) is 3.48. The van der Waals surface area contributed by atoms with Gasteiger partial charge in [-0.3, -0.25) is 4.68 Å². The van der Waals surface area contributed by atoms with E-state index in [9.17, 15) is 0 Å². The second-order valence-corrected chi connectivity index (χ2v) is 4.77. The van der Waals surface area contributed by atoms with Gasteiger partial charge in [-0.15, -0.1) is 0 Å². The average molecular weight is 226 g/mol. The van der Waals surface area contributed by atoms with Crippen LogP contribution in [0.3, 0.4) is 0 Å². The van der Waals surface area contributed by atoms with Crippen LogP contribution < -0.4 is 0 Å². The van der Waals surface area contributed by atoms with Crippen LogP contribution in [-0.4, -0.2) is 21.6 Å². The molecular weight excluding hydrogens is 208 g/mol. The smallest absolute Gasteiger partial charge is 0.0861 e. The molecule has 0 aromatic carbocycles. The Balaban J connectivity index is 2.08. The summed E-state index contributed by atoms with van der Waals surface area (Å²) in [6.07, 6.45) is 6.68. The van der Waals surface area contributed by atoms with Crippen molar-refractivity contribution in [1.82, 2.24) is 9.78 Å². The Morgan fingerprint density at radius 3 is 3.00 bits per heavy atom. The number of nitrogens with zero attached hydrogens (tertiary/aromatic N) is 2. The second-order valence-electron chi connectivity index (χ2n) is 4.40. The highest BCUT2D eigenvalue weighted by Crippen LogP contribution is 2.34. The maximum atomic E-state index is 5.93. The second kappa shape index (κ2) is 4.58. The fourth-order valence-corrected chi connectivity index (χ4v) is 2.53. The van der Waals surface area contributed by atoms with Gasteiger partial charge in [0.25, 0.3) is 0 Å². The molecule has 1 aliphatic heterocycles. The highest BCUT2D eigenvalue weighted by atomic mass is 32.1. The molecule has 1 saturated heterocycles. The van der Waals surface area contributed by atoms with Gasteiger partial charge in [-0.05, 0) is 31.4 Å². The summed E-state index contributed by atoms with van der Waals surface area (Å²) >= 11 is 4.39. The molecule has 2 heterocycles. The summed E-state index contributed by atoms with van der Waals surface area (Å²) < 4.78 is 7.76. The Morgan fingerprint density at radius 2 is 2.40 bits per heavy atom. The zero-order valence-electron chi connectivity index (χ0n) is 9.26. The molecule has 3 atom stereocenters. The molecule has 1 aromatic heterocycles. The number of aryl methyl sites for hydroxylation is 1. The predicted molar refractivity (Wildman–Crippen MR) is 63.1 cm³/mol. The Bertz CT molecular complexity index is 326. The minimum atomic E-state index is 0.208. The lowest BCUT2D eigenvalue weighted by atomic mass is 9.91. The van der Waals surface area contributed by atoms with E-state index >= 15 is 0 Å². The first-order valence-electron chi connectivity index (χ1n) is 5.44. The van der Waals surface area contributed by atoms with Crippen LogP contribution in [0.25, 0.3) is 0 Å². The van der Waals surface area contributed by atoms with E-state index in [1.165, 1.54) is 5.56 Å². The molecular formula is C11H18N2OS. The molecule has 1 fully saturated rings. The van der Waals surface area contributed by atoms with Crippen LogP contribution in [-0.2, 0) is 11.8 Å². The average Bonchev–Trinajstić information content (AvgIpc) is 2.64. The van der Waals surface area contributed by atoms with E-state index in [0.717, 1.165) is 18.6 Å². The van der Waals surface area contributed by atoms with Gasteiger partial charge < -0.3 is 4.74 Å². The van der Waals surface area contributed by atoms with Gasteiger partial charge in [-0.2, -0.15) is 17.7 Å². The van der Waals surface area contributed by atoms with Crippen molar-refractivity contribution < 1.29 is 4.74 Å². The molecule has 4 heteroatoms. The van der Waals surface area contributed by atoms with Gasteiger partial charge in [0.05, 0.1) is 18.4 Å². The van der Waals surface area contributed by atoms with Gasteiger partial charge in [0.15, 0.2) is 0 Å². The molecule has 3 nitrogen and oxygen atoms in total. The highest BCUT2D eigenvalue weighted by Gasteiger charge is 2.27. The van der Waals surface area contributed by atoms with E-state index in [-0.39, 0.29) is 6.10 Å². The fourth-order valence-electron chi connectivity index (χ4n) is 2.23. The molecule has 15 heavy (non-hydrogen) atoms. The van der Waals surface area contributed by atoms with Crippen LogP contribution in [0.2, 0.25) is 0 Å². The summed E-state index contributed by atoms with van der Waals surface area (Å²) in [6.45, 7) is 2.14. The van der Waals surface area contributed by atoms with Gasteiger partial charge >= 0.3 is 0 Å². The van der Waals surface area contributed by atoms with Crippen molar-refractivity contribution in [3.05, 3.63) is 18.0 Å². The first kappa shape index (κ1) is 11.0. The summed E-state index contributed by atoms with van der Waals surface area (Å²) in [5.74, 6) is 1.62. The lowest BCUT2D eigenvalue weighted by Crippen LogP contribution is -2.26. The summed E-state index contributed by atoms with van der Waals surface area (Å²) in [4.78, 5) is 0. The van der Waals surface area contributed by atoms with Crippen LogP contribution in [0.5, 0.6) is 0 Å². The Hall–Kier alpha value is -0.480. The highest BCUT2D eigenvalue weighted by molar-refractivity contribution is 7.80. The summed E-state index contributed by atoms with van der Waals surface area (Å²) in [5.41, 5.74) is 1.19. The van der Waals surface area contributed by atoms with E-state index in [0.29, 0.717) is 12.0 Å². The van der Waals surface area contributed by atoms with Gasteiger partial charge in [-0.1, -0.05) is 0 Å². The number of hydrogen-bond donors (Lipinski definition) is 1. The molecule has 0 N–H and O–H groups in total. The largest absolute Gasteiger partial charge is 0.370 e. The van der Waals surface area contributed by atoms with Gasteiger partial charge in [0, 0.05) is 18.8 Å². The molecule has 0 saturated carbocycles. The maximum Gasteiger partial charge on any atom is 0.0861 e. The number of hydrogen-bond acceptors (Lipinski definition) is 3.